The maximum absolute atomic E-state index is 6.32. The fourth-order valence-corrected chi connectivity index (χ4v) is 4.25. The predicted molar refractivity (Wildman–Crippen MR) is 95.6 cm³/mol. The molecule has 0 aliphatic heterocycles. The standard InChI is InChI=1S/C18H29BrN2/c1-18(2,3)15-11-17(20)13(10-16(15)19)12-21(4)14-8-6-5-7-9-14/h10-11,14H,5-9,12,20H2,1-4H3. The topological polar surface area (TPSA) is 29.3 Å². The van der Waals surface area contributed by atoms with Gasteiger partial charge in [0.25, 0.3) is 0 Å². The second-order valence-electron chi connectivity index (χ2n) is 7.49. The van der Waals surface area contributed by atoms with E-state index in [1.54, 1.807) is 0 Å². The molecule has 1 aliphatic carbocycles. The summed E-state index contributed by atoms with van der Waals surface area (Å²) < 4.78 is 1.18. The lowest BCUT2D eigenvalue weighted by atomic mass is 9.86. The van der Waals surface area contributed by atoms with E-state index in [-0.39, 0.29) is 5.41 Å². The summed E-state index contributed by atoms with van der Waals surface area (Å²) in [6.07, 6.45) is 6.81. The molecule has 0 amide bonds. The molecule has 1 aromatic carbocycles. The van der Waals surface area contributed by atoms with E-state index < -0.39 is 0 Å². The van der Waals surface area contributed by atoms with Crippen molar-refractivity contribution in [1.29, 1.82) is 0 Å². The van der Waals surface area contributed by atoms with Gasteiger partial charge in [-0.3, -0.25) is 4.90 Å². The van der Waals surface area contributed by atoms with Crippen LogP contribution in [0.2, 0.25) is 0 Å². The van der Waals surface area contributed by atoms with E-state index in [0.29, 0.717) is 0 Å². The summed E-state index contributed by atoms with van der Waals surface area (Å²) in [4.78, 5) is 2.48. The molecule has 0 atom stereocenters. The van der Waals surface area contributed by atoms with Crippen LogP contribution in [0.25, 0.3) is 0 Å². The molecule has 0 aromatic heterocycles. The Morgan fingerprint density at radius 1 is 1.19 bits per heavy atom. The highest BCUT2D eigenvalue weighted by Gasteiger charge is 2.21. The average Bonchev–Trinajstić information content (AvgIpc) is 2.42. The highest BCUT2D eigenvalue weighted by atomic mass is 79.9. The summed E-state index contributed by atoms with van der Waals surface area (Å²) in [5.74, 6) is 0. The molecule has 2 nitrogen and oxygen atoms in total. The lowest BCUT2D eigenvalue weighted by Crippen LogP contribution is -2.33. The molecular weight excluding hydrogens is 324 g/mol. The van der Waals surface area contributed by atoms with Crippen molar-refractivity contribution in [2.24, 2.45) is 0 Å². The number of anilines is 1. The van der Waals surface area contributed by atoms with Gasteiger partial charge in [0, 0.05) is 22.7 Å². The SMILES string of the molecule is CN(Cc1cc(Br)c(C(C)(C)C)cc1N)C1CCCCC1. The molecule has 118 valence electrons. The zero-order valence-corrected chi connectivity index (χ0v) is 15.5. The van der Waals surface area contributed by atoms with Crippen LogP contribution >= 0.6 is 15.9 Å². The Hall–Kier alpha value is -0.540. The lowest BCUT2D eigenvalue weighted by Gasteiger charge is -2.32. The van der Waals surface area contributed by atoms with Crippen LogP contribution < -0.4 is 5.73 Å². The van der Waals surface area contributed by atoms with Gasteiger partial charge in [0.15, 0.2) is 0 Å². The molecule has 1 aliphatic rings. The number of nitrogens with two attached hydrogens (primary N) is 1. The van der Waals surface area contributed by atoms with E-state index in [4.69, 9.17) is 5.73 Å². The van der Waals surface area contributed by atoms with Crippen LogP contribution in [0.3, 0.4) is 0 Å². The van der Waals surface area contributed by atoms with Crippen LogP contribution in [0.1, 0.15) is 64.0 Å². The molecule has 3 heteroatoms. The Kier molecular flexibility index (Phi) is 5.37. The molecule has 0 spiro atoms. The minimum Gasteiger partial charge on any atom is -0.398 e. The smallest absolute Gasteiger partial charge is 0.0363 e. The van der Waals surface area contributed by atoms with Gasteiger partial charge in [-0.05, 0) is 48.6 Å². The zero-order chi connectivity index (χ0) is 15.6. The number of hydrogen-bond donors (Lipinski definition) is 1. The Morgan fingerprint density at radius 3 is 2.38 bits per heavy atom. The fourth-order valence-electron chi connectivity index (χ4n) is 3.26. The van der Waals surface area contributed by atoms with Crippen LogP contribution in [-0.4, -0.2) is 18.0 Å². The van der Waals surface area contributed by atoms with Crippen molar-refractivity contribution in [3.05, 3.63) is 27.7 Å². The van der Waals surface area contributed by atoms with Crippen LogP contribution in [0.4, 0.5) is 5.69 Å². The van der Waals surface area contributed by atoms with Gasteiger partial charge in [-0.2, -0.15) is 0 Å². The van der Waals surface area contributed by atoms with E-state index in [1.807, 2.05) is 0 Å². The average molecular weight is 353 g/mol. The second kappa shape index (κ2) is 6.70. The first kappa shape index (κ1) is 16.8. The number of halogens is 1. The van der Waals surface area contributed by atoms with E-state index in [1.165, 1.54) is 47.7 Å². The number of hydrogen-bond acceptors (Lipinski definition) is 2. The second-order valence-corrected chi connectivity index (χ2v) is 8.34. The predicted octanol–water partition coefficient (Wildman–Crippen LogP) is 5.09. The quantitative estimate of drug-likeness (QED) is 0.767. The number of nitrogens with zero attached hydrogens (tertiary/aromatic N) is 1. The summed E-state index contributed by atoms with van der Waals surface area (Å²) >= 11 is 3.73. The lowest BCUT2D eigenvalue weighted by molar-refractivity contribution is 0.185. The summed E-state index contributed by atoms with van der Waals surface area (Å²) in [6, 6.07) is 5.09. The molecule has 21 heavy (non-hydrogen) atoms. The van der Waals surface area contributed by atoms with Gasteiger partial charge < -0.3 is 5.73 Å². The summed E-state index contributed by atoms with van der Waals surface area (Å²) in [5.41, 5.74) is 9.87. The monoisotopic (exact) mass is 352 g/mol. The van der Waals surface area contributed by atoms with E-state index >= 15 is 0 Å². The largest absolute Gasteiger partial charge is 0.398 e. The van der Waals surface area contributed by atoms with Gasteiger partial charge in [0.1, 0.15) is 0 Å². The summed E-state index contributed by atoms with van der Waals surface area (Å²) in [6.45, 7) is 7.61. The molecule has 0 unspecified atom stereocenters. The van der Waals surface area contributed by atoms with Gasteiger partial charge in [-0.1, -0.05) is 56.0 Å². The molecule has 0 radical (unpaired) electrons. The number of rotatable bonds is 3. The number of nitrogen functional groups attached to an aromatic ring is 1. The van der Waals surface area contributed by atoms with Crippen LogP contribution in [0, 0.1) is 0 Å². The van der Waals surface area contributed by atoms with Crippen molar-refractivity contribution in [2.75, 3.05) is 12.8 Å². The molecule has 0 saturated heterocycles. The first-order valence-electron chi connectivity index (χ1n) is 8.07. The highest BCUT2D eigenvalue weighted by molar-refractivity contribution is 9.10. The highest BCUT2D eigenvalue weighted by Crippen LogP contribution is 2.34. The van der Waals surface area contributed by atoms with Crippen molar-refractivity contribution in [3.8, 4) is 0 Å². The first-order chi connectivity index (χ1) is 9.79. The third-order valence-electron chi connectivity index (χ3n) is 4.65. The normalized spacial score (nSPS) is 17.4. The molecule has 0 heterocycles. The van der Waals surface area contributed by atoms with Gasteiger partial charge in [0.05, 0.1) is 0 Å². The summed E-state index contributed by atoms with van der Waals surface area (Å²) in [7, 11) is 2.24. The Balaban J connectivity index is 2.15. The van der Waals surface area contributed by atoms with E-state index in [9.17, 15) is 0 Å². The van der Waals surface area contributed by atoms with Crippen molar-refractivity contribution >= 4 is 21.6 Å². The maximum Gasteiger partial charge on any atom is 0.0363 e. The molecule has 1 saturated carbocycles. The maximum atomic E-state index is 6.32. The third-order valence-corrected chi connectivity index (χ3v) is 5.31. The Morgan fingerprint density at radius 2 is 1.81 bits per heavy atom. The van der Waals surface area contributed by atoms with Crippen LogP contribution in [-0.2, 0) is 12.0 Å². The number of benzene rings is 1. The van der Waals surface area contributed by atoms with Gasteiger partial charge in [-0.15, -0.1) is 0 Å². The van der Waals surface area contributed by atoms with Crippen molar-refractivity contribution < 1.29 is 0 Å². The molecular formula is C18H29BrN2. The van der Waals surface area contributed by atoms with Crippen LogP contribution in [0.15, 0.2) is 16.6 Å². The fraction of sp³-hybridized carbons (Fsp3) is 0.667. The van der Waals surface area contributed by atoms with Gasteiger partial charge in [0.2, 0.25) is 0 Å². The molecule has 2 N–H and O–H groups in total. The van der Waals surface area contributed by atoms with Gasteiger partial charge >= 0.3 is 0 Å². The Labute approximate surface area is 138 Å². The molecule has 1 aromatic rings. The van der Waals surface area contributed by atoms with Crippen LogP contribution in [0.5, 0.6) is 0 Å². The van der Waals surface area contributed by atoms with Gasteiger partial charge in [-0.25, -0.2) is 0 Å². The summed E-state index contributed by atoms with van der Waals surface area (Å²) in [5, 5.41) is 0. The molecule has 0 bridgehead atoms. The Bertz CT molecular complexity index is 485. The van der Waals surface area contributed by atoms with E-state index in [0.717, 1.165) is 18.3 Å². The first-order valence-corrected chi connectivity index (χ1v) is 8.87. The molecule has 1 fully saturated rings. The van der Waals surface area contributed by atoms with Crippen molar-refractivity contribution in [3.63, 3.8) is 0 Å². The van der Waals surface area contributed by atoms with Crippen molar-refractivity contribution in [1.82, 2.24) is 4.90 Å². The minimum absolute atomic E-state index is 0.112. The minimum atomic E-state index is 0.112. The third kappa shape index (κ3) is 4.23. The van der Waals surface area contributed by atoms with E-state index in [2.05, 4.69) is 60.8 Å². The van der Waals surface area contributed by atoms with Crippen molar-refractivity contribution in [2.45, 2.75) is 70.9 Å². The molecule has 2 rings (SSSR count). The zero-order valence-electron chi connectivity index (χ0n) is 13.9.